The van der Waals surface area contributed by atoms with Gasteiger partial charge in [0.2, 0.25) is 0 Å². The van der Waals surface area contributed by atoms with Crippen LogP contribution in [0.5, 0.6) is 0 Å². The molecule has 1 aliphatic heterocycles. The average Bonchev–Trinajstić information content (AvgIpc) is 3.20. The molecule has 3 heterocycles. The van der Waals surface area contributed by atoms with Crippen LogP contribution in [-0.4, -0.2) is 41.9 Å². The molecular formula is C17H18N6O. The Morgan fingerprint density at radius 1 is 1.04 bits per heavy atom. The number of fused-ring (bicyclic) bond motifs is 1. The highest BCUT2D eigenvalue weighted by Gasteiger charge is 2.24. The minimum absolute atomic E-state index is 0.0191. The van der Waals surface area contributed by atoms with Crippen molar-refractivity contribution in [2.24, 2.45) is 0 Å². The van der Waals surface area contributed by atoms with Crippen LogP contribution >= 0.6 is 0 Å². The van der Waals surface area contributed by atoms with Gasteiger partial charge in [0.1, 0.15) is 5.82 Å². The third-order valence-corrected chi connectivity index (χ3v) is 4.42. The topological polar surface area (TPSA) is 68.8 Å². The van der Waals surface area contributed by atoms with Crippen molar-refractivity contribution in [3.8, 4) is 5.69 Å². The average molecular weight is 322 g/mol. The van der Waals surface area contributed by atoms with Gasteiger partial charge in [-0.1, -0.05) is 0 Å². The van der Waals surface area contributed by atoms with Crippen LogP contribution in [0.3, 0.4) is 0 Å². The number of carbonyl (C=O) groups excluding carboxylic acids is 1. The summed E-state index contributed by atoms with van der Waals surface area (Å²) in [6.07, 6.45) is 1.76. The van der Waals surface area contributed by atoms with Crippen LogP contribution in [0.25, 0.3) is 5.69 Å². The summed E-state index contributed by atoms with van der Waals surface area (Å²) in [5, 5.41) is 12.5. The molecule has 7 nitrogen and oxygen atoms in total. The molecule has 0 fully saturated rings. The zero-order valence-electron chi connectivity index (χ0n) is 13.7. The van der Waals surface area contributed by atoms with Gasteiger partial charge < -0.3 is 9.47 Å². The maximum absolute atomic E-state index is 12.7. The lowest BCUT2D eigenvalue weighted by atomic mass is 10.1. The Morgan fingerprint density at radius 2 is 1.83 bits per heavy atom. The fraction of sp³-hybridized carbons (Fsp3) is 0.294. The highest BCUT2D eigenvalue weighted by atomic mass is 16.2. The summed E-state index contributed by atoms with van der Waals surface area (Å²) in [6, 6.07) is 9.49. The van der Waals surface area contributed by atoms with Crippen molar-refractivity contribution < 1.29 is 4.79 Å². The fourth-order valence-corrected chi connectivity index (χ4v) is 3.04. The third kappa shape index (κ3) is 2.38. The van der Waals surface area contributed by atoms with Crippen LogP contribution in [0, 0.1) is 13.8 Å². The SMILES string of the molecule is Cc1ccnn1-c1ccc(C(=O)N2CCn3c(C)nnc3C2)cc1. The maximum Gasteiger partial charge on any atom is 0.254 e. The lowest BCUT2D eigenvalue weighted by Gasteiger charge is -2.27. The van der Waals surface area contributed by atoms with E-state index >= 15 is 0 Å². The predicted octanol–water partition coefficient (Wildman–Crippen LogP) is 1.74. The van der Waals surface area contributed by atoms with E-state index in [9.17, 15) is 4.79 Å². The molecule has 0 saturated heterocycles. The summed E-state index contributed by atoms with van der Waals surface area (Å²) in [6.45, 7) is 5.84. The number of rotatable bonds is 2. The van der Waals surface area contributed by atoms with Gasteiger partial charge >= 0.3 is 0 Å². The highest BCUT2D eigenvalue weighted by molar-refractivity contribution is 5.94. The second kappa shape index (κ2) is 5.59. The number of aryl methyl sites for hydroxylation is 2. The van der Waals surface area contributed by atoms with E-state index in [1.807, 2.05) is 53.8 Å². The molecule has 0 aliphatic carbocycles. The molecule has 3 aromatic rings. The van der Waals surface area contributed by atoms with Gasteiger partial charge in [0.05, 0.1) is 12.2 Å². The highest BCUT2D eigenvalue weighted by Crippen LogP contribution is 2.17. The number of aromatic nitrogens is 5. The van der Waals surface area contributed by atoms with E-state index < -0.39 is 0 Å². The number of benzene rings is 1. The number of amides is 1. The largest absolute Gasteiger partial charge is 0.329 e. The molecule has 0 unspecified atom stereocenters. The summed E-state index contributed by atoms with van der Waals surface area (Å²) >= 11 is 0. The Morgan fingerprint density at radius 3 is 2.54 bits per heavy atom. The van der Waals surface area contributed by atoms with Crippen molar-refractivity contribution in [3.05, 3.63) is 59.4 Å². The van der Waals surface area contributed by atoms with Crippen molar-refractivity contribution in [2.45, 2.75) is 26.9 Å². The molecule has 0 bridgehead atoms. The molecule has 7 heteroatoms. The summed E-state index contributed by atoms with van der Waals surface area (Å²) in [4.78, 5) is 14.5. The van der Waals surface area contributed by atoms with Gasteiger partial charge in [-0.15, -0.1) is 10.2 Å². The summed E-state index contributed by atoms with van der Waals surface area (Å²) < 4.78 is 3.91. The first-order valence-corrected chi connectivity index (χ1v) is 7.92. The van der Waals surface area contributed by atoms with Crippen molar-refractivity contribution in [2.75, 3.05) is 6.54 Å². The minimum atomic E-state index is 0.0191. The second-order valence-corrected chi connectivity index (χ2v) is 5.97. The van der Waals surface area contributed by atoms with Gasteiger partial charge in [-0.05, 0) is 44.2 Å². The van der Waals surface area contributed by atoms with Crippen LogP contribution in [-0.2, 0) is 13.1 Å². The van der Waals surface area contributed by atoms with Crippen molar-refractivity contribution in [1.82, 2.24) is 29.4 Å². The van der Waals surface area contributed by atoms with Gasteiger partial charge in [0, 0.05) is 30.5 Å². The van der Waals surface area contributed by atoms with E-state index in [4.69, 9.17) is 0 Å². The molecule has 2 aromatic heterocycles. The van der Waals surface area contributed by atoms with Gasteiger partial charge in [0.25, 0.3) is 5.91 Å². The van der Waals surface area contributed by atoms with E-state index in [1.165, 1.54) is 0 Å². The molecule has 0 saturated carbocycles. The van der Waals surface area contributed by atoms with Gasteiger partial charge in [-0.25, -0.2) is 4.68 Å². The Bertz CT molecular complexity index is 892. The van der Waals surface area contributed by atoms with Crippen molar-refractivity contribution >= 4 is 5.91 Å². The molecule has 122 valence electrons. The molecule has 24 heavy (non-hydrogen) atoms. The number of carbonyl (C=O) groups is 1. The third-order valence-electron chi connectivity index (χ3n) is 4.42. The predicted molar refractivity (Wildman–Crippen MR) is 87.8 cm³/mol. The molecule has 0 atom stereocenters. The number of nitrogens with zero attached hydrogens (tertiary/aromatic N) is 6. The molecular weight excluding hydrogens is 304 g/mol. The molecule has 0 radical (unpaired) electrons. The number of hydrogen-bond donors (Lipinski definition) is 0. The Hall–Kier alpha value is -2.96. The first-order chi connectivity index (χ1) is 11.6. The summed E-state index contributed by atoms with van der Waals surface area (Å²) in [5.41, 5.74) is 2.68. The first-order valence-electron chi connectivity index (χ1n) is 7.92. The molecule has 4 rings (SSSR count). The Labute approximate surface area is 139 Å². The van der Waals surface area contributed by atoms with E-state index in [0.29, 0.717) is 18.7 Å². The smallest absolute Gasteiger partial charge is 0.254 e. The zero-order chi connectivity index (χ0) is 16.7. The van der Waals surface area contributed by atoms with Crippen LogP contribution in [0.15, 0.2) is 36.5 Å². The standard InChI is InChI=1S/C17H18N6O/c1-12-7-8-18-23(12)15-5-3-14(4-6-15)17(24)21-9-10-22-13(2)19-20-16(22)11-21/h3-8H,9-11H2,1-2H3. The normalized spacial score (nSPS) is 13.8. The van der Waals surface area contributed by atoms with E-state index in [1.54, 1.807) is 6.20 Å². The quantitative estimate of drug-likeness (QED) is 0.720. The Balaban J connectivity index is 1.54. The van der Waals surface area contributed by atoms with E-state index in [0.717, 1.165) is 29.6 Å². The first kappa shape index (κ1) is 14.6. The molecule has 0 N–H and O–H groups in total. The summed E-state index contributed by atoms with van der Waals surface area (Å²) in [7, 11) is 0. The molecule has 0 spiro atoms. The molecule has 1 aromatic carbocycles. The lowest BCUT2D eigenvalue weighted by molar-refractivity contribution is 0.0706. The van der Waals surface area contributed by atoms with Crippen LogP contribution < -0.4 is 0 Å². The van der Waals surface area contributed by atoms with Crippen molar-refractivity contribution in [3.63, 3.8) is 0 Å². The number of hydrogen-bond acceptors (Lipinski definition) is 4. The second-order valence-electron chi connectivity index (χ2n) is 5.97. The van der Waals surface area contributed by atoms with Gasteiger partial charge in [0.15, 0.2) is 5.82 Å². The van der Waals surface area contributed by atoms with Crippen LogP contribution in [0.4, 0.5) is 0 Å². The molecule has 1 aliphatic rings. The monoisotopic (exact) mass is 322 g/mol. The van der Waals surface area contributed by atoms with E-state index in [-0.39, 0.29) is 5.91 Å². The van der Waals surface area contributed by atoms with E-state index in [2.05, 4.69) is 19.9 Å². The minimum Gasteiger partial charge on any atom is -0.329 e. The van der Waals surface area contributed by atoms with Crippen LogP contribution in [0.2, 0.25) is 0 Å². The lowest BCUT2D eigenvalue weighted by Crippen LogP contribution is -2.38. The van der Waals surface area contributed by atoms with Crippen LogP contribution in [0.1, 0.15) is 27.7 Å². The molecule has 1 amide bonds. The van der Waals surface area contributed by atoms with Crippen molar-refractivity contribution in [1.29, 1.82) is 0 Å². The van der Waals surface area contributed by atoms with Gasteiger partial charge in [-0.2, -0.15) is 5.10 Å². The fourth-order valence-electron chi connectivity index (χ4n) is 3.04. The Kier molecular flexibility index (Phi) is 3.41. The van der Waals surface area contributed by atoms with Gasteiger partial charge in [-0.3, -0.25) is 4.79 Å². The zero-order valence-corrected chi connectivity index (χ0v) is 13.7. The summed E-state index contributed by atoms with van der Waals surface area (Å²) in [5.74, 6) is 1.76. The maximum atomic E-state index is 12.7.